The van der Waals surface area contributed by atoms with Gasteiger partial charge in [-0.15, -0.1) is 12.4 Å². The highest BCUT2D eigenvalue weighted by Gasteiger charge is 2.26. The van der Waals surface area contributed by atoms with Gasteiger partial charge in [-0.2, -0.15) is 0 Å². The van der Waals surface area contributed by atoms with Crippen molar-refractivity contribution < 1.29 is 9.53 Å². The summed E-state index contributed by atoms with van der Waals surface area (Å²) in [4.78, 5) is 19.8. The number of anilines is 1. The van der Waals surface area contributed by atoms with E-state index in [2.05, 4.69) is 15.3 Å². The highest BCUT2D eigenvalue weighted by atomic mass is 35.5. The summed E-state index contributed by atoms with van der Waals surface area (Å²) >= 11 is 0. The molecule has 1 aromatic carbocycles. The predicted octanol–water partition coefficient (Wildman–Crippen LogP) is 2.58. The van der Waals surface area contributed by atoms with Crippen LogP contribution in [-0.2, 0) is 17.6 Å². The molecule has 1 heterocycles. The Morgan fingerprint density at radius 1 is 1.43 bits per heavy atom. The van der Waals surface area contributed by atoms with Gasteiger partial charge in [0, 0.05) is 18.0 Å². The molecule has 1 aromatic heterocycles. The smallest absolute Gasteiger partial charge is 0.227 e. The fraction of sp³-hybridized carbons (Fsp3) is 0.333. The molecule has 0 bridgehead atoms. The molecular formula is C15H18ClN3O2. The summed E-state index contributed by atoms with van der Waals surface area (Å²) in [5, 5.41) is 2.95. The molecule has 0 aliphatic heterocycles. The Morgan fingerprint density at radius 2 is 2.24 bits per heavy atom. The van der Waals surface area contributed by atoms with E-state index in [1.807, 2.05) is 24.3 Å². The third kappa shape index (κ3) is 3.19. The number of para-hydroxylation sites is 2. The van der Waals surface area contributed by atoms with Gasteiger partial charge in [-0.25, -0.2) is 4.98 Å². The number of H-pyrrole nitrogens is 1. The van der Waals surface area contributed by atoms with Gasteiger partial charge in [0.2, 0.25) is 5.91 Å². The third-order valence-corrected chi connectivity index (χ3v) is 3.73. The van der Waals surface area contributed by atoms with Crippen LogP contribution in [0.5, 0.6) is 5.75 Å². The fourth-order valence-corrected chi connectivity index (χ4v) is 2.60. The minimum atomic E-state index is -0.0317. The lowest BCUT2D eigenvalue weighted by molar-refractivity contribution is -0.120. The van der Waals surface area contributed by atoms with E-state index in [0.29, 0.717) is 17.9 Å². The Balaban J connectivity index is 0.00000161. The Kier molecular flexibility index (Phi) is 4.85. The quantitative estimate of drug-likeness (QED) is 0.916. The number of amides is 1. The molecule has 1 atom stereocenters. The van der Waals surface area contributed by atoms with Gasteiger partial charge in [0.15, 0.2) is 0 Å². The molecule has 0 saturated heterocycles. The Bertz CT molecular complexity index is 627. The highest BCUT2D eigenvalue weighted by Crippen LogP contribution is 2.27. The number of halogens is 1. The summed E-state index contributed by atoms with van der Waals surface area (Å²) in [6.45, 7) is 0. The molecule has 0 unspecified atom stereocenters. The normalized spacial score (nSPS) is 16.5. The van der Waals surface area contributed by atoms with E-state index in [0.717, 1.165) is 24.2 Å². The maximum atomic E-state index is 12.4. The van der Waals surface area contributed by atoms with Gasteiger partial charge in [0.05, 0.1) is 24.8 Å². The Hall–Kier alpha value is -2.01. The van der Waals surface area contributed by atoms with Crippen LogP contribution in [0, 0.1) is 5.92 Å². The number of nitrogens with one attached hydrogen (secondary N) is 2. The van der Waals surface area contributed by atoms with Crippen molar-refractivity contribution in [3.63, 3.8) is 0 Å². The number of hydrogen-bond acceptors (Lipinski definition) is 3. The molecule has 0 spiro atoms. The molecule has 1 aliphatic rings. The van der Waals surface area contributed by atoms with Crippen LogP contribution in [0.1, 0.15) is 17.8 Å². The second kappa shape index (κ2) is 6.63. The number of aromatic nitrogens is 2. The molecule has 6 heteroatoms. The van der Waals surface area contributed by atoms with E-state index in [1.54, 1.807) is 13.4 Å². The Labute approximate surface area is 129 Å². The van der Waals surface area contributed by atoms with Crippen molar-refractivity contribution in [3.05, 3.63) is 42.0 Å². The third-order valence-electron chi connectivity index (χ3n) is 3.73. The summed E-state index contributed by atoms with van der Waals surface area (Å²) in [6.07, 6.45) is 4.11. The van der Waals surface area contributed by atoms with Crippen molar-refractivity contribution in [2.75, 3.05) is 12.4 Å². The van der Waals surface area contributed by atoms with Crippen LogP contribution in [0.15, 0.2) is 30.6 Å². The van der Waals surface area contributed by atoms with Crippen molar-refractivity contribution in [2.45, 2.75) is 19.3 Å². The maximum Gasteiger partial charge on any atom is 0.227 e. The van der Waals surface area contributed by atoms with Crippen molar-refractivity contribution in [1.29, 1.82) is 0 Å². The fourth-order valence-electron chi connectivity index (χ4n) is 2.60. The average molecular weight is 308 g/mol. The van der Waals surface area contributed by atoms with E-state index < -0.39 is 0 Å². The number of methoxy groups -OCH3 is 1. The van der Waals surface area contributed by atoms with Gasteiger partial charge in [0.25, 0.3) is 0 Å². The second-order valence-corrected chi connectivity index (χ2v) is 4.96. The van der Waals surface area contributed by atoms with Crippen LogP contribution in [0.3, 0.4) is 0 Å². The molecule has 112 valence electrons. The van der Waals surface area contributed by atoms with Crippen LogP contribution < -0.4 is 10.1 Å². The van der Waals surface area contributed by atoms with Gasteiger partial charge in [0.1, 0.15) is 5.75 Å². The van der Waals surface area contributed by atoms with E-state index in [4.69, 9.17) is 4.74 Å². The highest BCUT2D eigenvalue weighted by molar-refractivity contribution is 5.94. The van der Waals surface area contributed by atoms with E-state index >= 15 is 0 Å². The number of fused-ring (bicyclic) bond motifs is 1. The molecule has 0 radical (unpaired) electrons. The van der Waals surface area contributed by atoms with E-state index in [-0.39, 0.29) is 24.2 Å². The molecule has 3 rings (SSSR count). The summed E-state index contributed by atoms with van der Waals surface area (Å²) in [7, 11) is 1.60. The van der Waals surface area contributed by atoms with Crippen molar-refractivity contribution >= 4 is 24.0 Å². The molecule has 1 aliphatic carbocycles. The largest absolute Gasteiger partial charge is 0.495 e. The maximum absolute atomic E-state index is 12.4. The monoisotopic (exact) mass is 307 g/mol. The number of rotatable bonds is 3. The molecule has 0 saturated carbocycles. The van der Waals surface area contributed by atoms with Gasteiger partial charge < -0.3 is 15.0 Å². The van der Waals surface area contributed by atoms with Crippen LogP contribution in [0.4, 0.5) is 5.69 Å². The zero-order chi connectivity index (χ0) is 13.9. The summed E-state index contributed by atoms with van der Waals surface area (Å²) in [5.74, 6) is 0.677. The number of nitrogens with zero attached hydrogens (tertiary/aromatic N) is 1. The van der Waals surface area contributed by atoms with Crippen LogP contribution >= 0.6 is 12.4 Å². The average Bonchev–Trinajstić information content (AvgIpc) is 2.95. The first-order valence-electron chi connectivity index (χ1n) is 6.73. The number of imidazole rings is 1. The summed E-state index contributed by atoms with van der Waals surface area (Å²) < 4.78 is 5.25. The molecule has 2 aromatic rings. The minimum absolute atomic E-state index is 0. The van der Waals surface area contributed by atoms with Crippen LogP contribution in [-0.4, -0.2) is 23.0 Å². The van der Waals surface area contributed by atoms with E-state index in [1.165, 1.54) is 0 Å². The van der Waals surface area contributed by atoms with Gasteiger partial charge in [-0.05, 0) is 25.0 Å². The molecular weight excluding hydrogens is 290 g/mol. The molecule has 1 amide bonds. The number of ether oxygens (including phenoxy) is 1. The first-order chi connectivity index (χ1) is 9.78. The Morgan fingerprint density at radius 3 is 3.05 bits per heavy atom. The number of benzene rings is 1. The standard InChI is InChI=1S/C15H17N3O2.ClH/c1-20-14-5-3-2-4-12(14)18-15(19)10-6-7-11-13(8-10)17-9-16-11;/h2-5,9-10H,6-8H2,1H3,(H,16,17)(H,18,19);1H/t10-;/m0./s1. The SMILES string of the molecule is COc1ccccc1NC(=O)[C@H]1CCc2[nH]cnc2C1.Cl. The topological polar surface area (TPSA) is 67.0 Å². The van der Waals surface area contributed by atoms with Crippen molar-refractivity contribution in [1.82, 2.24) is 9.97 Å². The lowest BCUT2D eigenvalue weighted by atomic mass is 9.89. The van der Waals surface area contributed by atoms with Gasteiger partial charge in [-0.3, -0.25) is 4.79 Å². The number of carbonyl (C=O) groups is 1. The summed E-state index contributed by atoms with van der Waals surface area (Å²) in [6, 6.07) is 7.44. The van der Waals surface area contributed by atoms with Crippen LogP contribution in [0.25, 0.3) is 0 Å². The lowest BCUT2D eigenvalue weighted by Crippen LogP contribution is -2.28. The molecule has 5 nitrogen and oxygen atoms in total. The number of aromatic amines is 1. The van der Waals surface area contributed by atoms with Gasteiger partial charge in [-0.1, -0.05) is 12.1 Å². The van der Waals surface area contributed by atoms with Crippen LogP contribution in [0.2, 0.25) is 0 Å². The molecule has 0 fully saturated rings. The van der Waals surface area contributed by atoms with E-state index in [9.17, 15) is 4.79 Å². The molecule has 21 heavy (non-hydrogen) atoms. The number of hydrogen-bond donors (Lipinski definition) is 2. The first kappa shape index (κ1) is 15.4. The summed E-state index contributed by atoms with van der Waals surface area (Å²) in [5.41, 5.74) is 2.88. The minimum Gasteiger partial charge on any atom is -0.495 e. The number of carbonyl (C=O) groups excluding carboxylic acids is 1. The number of aryl methyl sites for hydroxylation is 1. The zero-order valence-electron chi connectivity index (χ0n) is 11.8. The lowest BCUT2D eigenvalue weighted by Gasteiger charge is -2.21. The second-order valence-electron chi connectivity index (χ2n) is 4.96. The predicted molar refractivity (Wildman–Crippen MR) is 83.0 cm³/mol. The molecule has 2 N–H and O–H groups in total. The first-order valence-corrected chi connectivity index (χ1v) is 6.73. The van der Waals surface area contributed by atoms with Crippen molar-refractivity contribution in [3.8, 4) is 5.75 Å². The van der Waals surface area contributed by atoms with Gasteiger partial charge >= 0.3 is 0 Å². The zero-order valence-corrected chi connectivity index (χ0v) is 12.6. The van der Waals surface area contributed by atoms with Crippen molar-refractivity contribution in [2.24, 2.45) is 5.92 Å².